The van der Waals surface area contributed by atoms with Gasteiger partial charge in [-0.2, -0.15) is 0 Å². The van der Waals surface area contributed by atoms with Gasteiger partial charge in [0.05, 0.1) is 17.6 Å². The maximum absolute atomic E-state index is 14.2. The van der Waals surface area contributed by atoms with Gasteiger partial charge in [0.25, 0.3) is 0 Å². The highest BCUT2D eigenvalue weighted by atomic mass is 19.1. The fraction of sp³-hybridized carbons (Fsp3) is 0.548. The number of rotatable bonds is 8. The topological polar surface area (TPSA) is 74.6 Å². The lowest BCUT2D eigenvalue weighted by atomic mass is 9.82. The predicted octanol–water partition coefficient (Wildman–Crippen LogP) is 6.14. The second kappa shape index (κ2) is 11.8. The number of carbonyl (C=O) groups is 1. The van der Waals surface area contributed by atoms with Gasteiger partial charge >= 0.3 is 0 Å². The Hall–Kier alpha value is -3.29. The summed E-state index contributed by atoms with van der Waals surface area (Å²) in [5, 5.41) is 3.40. The van der Waals surface area contributed by atoms with Gasteiger partial charge in [-0.1, -0.05) is 38.5 Å². The van der Waals surface area contributed by atoms with Crippen molar-refractivity contribution >= 4 is 16.9 Å². The summed E-state index contributed by atoms with van der Waals surface area (Å²) in [7, 11) is 0. The molecule has 3 aliphatic rings. The van der Waals surface area contributed by atoms with Crippen LogP contribution in [0.3, 0.4) is 0 Å². The molecule has 1 unspecified atom stereocenters. The van der Waals surface area contributed by atoms with Crippen molar-refractivity contribution in [3.05, 3.63) is 48.0 Å². The fourth-order valence-corrected chi connectivity index (χ4v) is 6.51. The van der Waals surface area contributed by atoms with Gasteiger partial charge in [0.15, 0.2) is 11.5 Å². The molecule has 0 radical (unpaired) electrons. The van der Waals surface area contributed by atoms with E-state index >= 15 is 0 Å². The first kappa shape index (κ1) is 26.0. The third-order valence-electron chi connectivity index (χ3n) is 8.43. The Morgan fingerprint density at radius 2 is 1.72 bits per heavy atom. The van der Waals surface area contributed by atoms with Crippen LogP contribution < -0.4 is 19.5 Å². The monoisotopic (exact) mass is 535 g/mol. The van der Waals surface area contributed by atoms with Crippen molar-refractivity contribution in [3.8, 4) is 17.2 Å². The number of nitrogens with one attached hydrogen (secondary N) is 1. The van der Waals surface area contributed by atoms with Crippen LogP contribution in [0.15, 0.2) is 36.4 Å². The van der Waals surface area contributed by atoms with Crippen LogP contribution in [-0.2, 0) is 11.2 Å². The summed E-state index contributed by atoms with van der Waals surface area (Å²) in [6.45, 7) is 1.43. The Balaban J connectivity index is 1.28. The molecule has 0 saturated heterocycles. The first-order chi connectivity index (χ1) is 19.2. The van der Waals surface area contributed by atoms with Crippen molar-refractivity contribution in [1.82, 2.24) is 14.9 Å². The van der Waals surface area contributed by atoms with Crippen molar-refractivity contribution in [3.63, 3.8) is 0 Å². The van der Waals surface area contributed by atoms with Gasteiger partial charge in [0.2, 0.25) is 5.91 Å². The molecule has 7 nitrogen and oxygen atoms in total. The lowest BCUT2D eigenvalue weighted by Gasteiger charge is -2.33. The fourth-order valence-electron chi connectivity index (χ4n) is 6.51. The minimum absolute atomic E-state index is 0.0754. The van der Waals surface area contributed by atoms with Crippen LogP contribution >= 0.6 is 0 Å². The largest absolute Gasteiger partial charge is 0.493 e. The quantitative estimate of drug-likeness (QED) is 0.375. The number of carbonyl (C=O) groups excluding carboxylic acids is 1. The number of hydrogen-bond donors (Lipinski definition) is 1. The van der Waals surface area contributed by atoms with E-state index in [4.69, 9.17) is 19.2 Å². The van der Waals surface area contributed by atoms with E-state index in [2.05, 4.69) is 9.88 Å². The summed E-state index contributed by atoms with van der Waals surface area (Å²) in [6.07, 6.45) is 11.6. The molecule has 1 amide bonds. The number of ether oxygens (including phenoxy) is 3. The first-order valence-electron chi connectivity index (χ1n) is 14.6. The maximum atomic E-state index is 14.2. The molecule has 2 aliphatic carbocycles. The predicted molar refractivity (Wildman–Crippen MR) is 147 cm³/mol. The highest BCUT2D eigenvalue weighted by Crippen LogP contribution is 2.37. The number of fused-ring (bicyclic) bond motifs is 2. The van der Waals surface area contributed by atoms with Crippen molar-refractivity contribution in [2.75, 3.05) is 19.8 Å². The summed E-state index contributed by atoms with van der Waals surface area (Å²) in [5.41, 5.74) is 1.38. The molecule has 39 heavy (non-hydrogen) atoms. The van der Waals surface area contributed by atoms with E-state index < -0.39 is 0 Å². The Kier molecular flexibility index (Phi) is 7.88. The molecule has 2 fully saturated rings. The minimum Gasteiger partial charge on any atom is -0.493 e. The first-order valence-corrected chi connectivity index (χ1v) is 14.6. The van der Waals surface area contributed by atoms with Gasteiger partial charge < -0.3 is 24.1 Å². The standard InChI is InChI=1S/C31H38FN3O4/c32-22-11-13-26-25(19-22)34-29(15-16-37-24-12-14-27-28(20-24)39-18-17-38-27)35(26)30(21-7-3-1-4-8-21)31(36)33-23-9-5-2-6-10-23/h11-14,19-21,23,30H,1-10,15-18H2,(H,33,36). The average Bonchev–Trinajstić information content (AvgIpc) is 3.31. The van der Waals surface area contributed by atoms with Crippen molar-refractivity contribution in [2.45, 2.75) is 82.7 Å². The lowest BCUT2D eigenvalue weighted by molar-refractivity contribution is -0.127. The summed E-state index contributed by atoms with van der Waals surface area (Å²) in [5.74, 6) is 2.81. The van der Waals surface area contributed by atoms with Gasteiger partial charge in [-0.15, -0.1) is 0 Å². The number of nitrogens with zero attached hydrogens (tertiary/aromatic N) is 2. The van der Waals surface area contributed by atoms with Gasteiger partial charge in [-0.25, -0.2) is 9.37 Å². The zero-order valence-corrected chi connectivity index (χ0v) is 22.5. The molecule has 8 heteroatoms. The van der Waals surface area contributed by atoms with E-state index in [1.807, 2.05) is 18.2 Å². The van der Waals surface area contributed by atoms with Crippen LogP contribution in [0.1, 0.15) is 76.1 Å². The van der Waals surface area contributed by atoms with Crippen molar-refractivity contribution < 1.29 is 23.4 Å². The lowest BCUT2D eigenvalue weighted by Crippen LogP contribution is -2.43. The average molecular weight is 536 g/mol. The maximum Gasteiger partial charge on any atom is 0.243 e. The molecule has 3 aromatic rings. The van der Waals surface area contributed by atoms with Gasteiger partial charge in [-0.05, 0) is 55.9 Å². The molecule has 2 heterocycles. The molecule has 6 rings (SSSR count). The van der Waals surface area contributed by atoms with E-state index in [1.54, 1.807) is 6.07 Å². The smallest absolute Gasteiger partial charge is 0.243 e. The highest BCUT2D eigenvalue weighted by molar-refractivity contribution is 5.85. The number of halogens is 1. The van der Waals surface area contributed by atoms with Crippen LogP contribution in [0, 0.1) is 11.7 Å². The molecular weight excluding hydrogens is 497 g/mol. The molecule has 2 saturated carbocycles. The SMILES string of the molecule is O=C(NC1CCCCC1)C(C1CCCCC1)n1c(CCOc2ccc3c(c2)OCCO3)nc2cc(F)ccc21. The van der Waals surface area contributed by atoms with Gasteiger partial charge in [0.1, 0.15) is 36.6 Å². The van der Waals surface area contributed by atoms with Crippen LogP contribution in [0.2, 0.25) is 0 Å². The molecule has 0 bridgehead atoms. The number of amides is 1. The van der Waals surface area contributed by atoms with Crippen molar-refractivity contribution in [1.29, 1.82) is 0 Å². The third-order valence-corrected chi connectivity index (χ3v) is 8.43. The summed E-state index contributed by atoms with van der Waals surface area (Å²) >= 11 is 0. The molecule has 0 spiro atoms. The number of hydrogen-bond acceptors (Lipinski definition) is 5. The second-order valence-corrected chi connectivity index (χ2v) is 11.1. The summed E-state index contributed by atoms with van der Waals surface area (Å²) in [6, 6.07) is 10.1. The van der Waals surface area contributed by atoms with E-state index in [9.17, 15) is 9.18 Å². The zero-order valence-electron chi connectivity index (χ0n) is 22.5. The van der Waals surface area contributed by atoms with E-state index in [0.717, 1.165) is 68.5 Å². The highest BCUT2D eigenvalue weighted by Gasteiger charge is 2.35. The summed E-state index contributed by atoms with van der Waals surface area (Å²) < 4.78 is 33.7. The normalized spacial score (nSPS) is 19.1. The van der Waals surface area contributed by atoms with Crippen LogP contribution in [0.25, 0.3) is 11.0 Å². The molecular formula is C31H38FN3O4. The molecule has 1 atom stereocenters. The molecule has 1 aliphatic heterocycles. The Labute approximate surface area is 229 Å². The number of aromatic nitrogens is 2. The molecule has 1 aromatic heterocycles. The van der Waals surface area contributed by atoms with Gasteiger partial charge in [-0.3, -0.25) is 4.79 Å². The van der Waals surface area contributed by atoms with Gasteiger partial charge in [0, 0.05) is 24.6 Å². The van der Waals surface area contributed by atoms with Crippen LogP contribution in [-0.4, -0.2) is 41.3 Å². The van der Waals surface area contributed by atoms with Crippen LogP contribution in [0.5, 0.6) is 17.2 Å². The van der Waals surface area contributed by atoms with E-state index in [0.29, 0.717) is 43.3 Å². The molecule has 208 valence electrons. The Bertz CT molecular complexity index is 1300. The number of benzene rings is 2. The summed E-state index contributed by atoms with van der Waals surface area (Å²) in [4.78, 5) is 18.9. The molecule has 1 N–H and O–H groups in total. The van der Waals surface area contributed by atoms with E-state index in [1.165, 1.54) is 25.0 Å². The Morgan fingerprint density at radius 3 is 2.51 bits per heavy atom. The van der Waals surface area contributed by atoms with E-state index in [-0.39, 0.29) is 29.7 Å². The minimum atomic E-state index is -0.369. The zero-order chi connectivity index (χ0) is 26.6. The van der Waals surface area contributed by atoms with Crippen LogP contribution in [0.4, 0.5) is 4.39 Å². The van der Waals surface area contributed by atoms with Crippen molar-refractivity contribution in [2.24, 2.45) is 5.92 Å². The Morgan fingerprint density at radius 1 is 0.974 bits per heavy atom. The second-order valence-electron chi connectivity index (χ2n) is 11.1. The number of imidazole rings is 1. The molecule has 2 aromatic carbocycles. The third kappa shape index (κ3) is 5.85.